The molecule has 1 heterocycles. The molecule has 2 rings (SSSR count). The van der Waals surface area contributed by atoms with Gasteiger partial charge in [0.1, 0.15) is 12.2 Å². The highest BCUT2D eigenvalue weighted by Gasteiger charge is 2.35. The van der Waals surface area contributed by atoms with Gasteiger partial charge in [-0.25, -0.2) is 0 Å². The predicted octanol–water partition coefficient (Wildman–Crippen LogP) is 2.22. The molecule has 1 aliphatic rings. The summed E-state index contributed by atoms with van der Waals surface area (Å²) in [4.78, 5) is 11.3. The number of hydrogen-bond donors (Lipinski definition) is 1. The highest BCUT2D eigenvalue weighted by Crippen LogP contribution is 2.37. The van der Waals surface area contributed by atoms with E-state index >= 15 is 0 Å². The van der Waals surface area contributed by atoms with Gasteiger partial charge in [-0.3, -0.25) is 4.79 Å². The van der Waals surface area contributed by atoms with Crippen LogP contribution in [0.2, 0.25) is 0 Å². The number of aromatic nitrogens is 3. The van der Waals surface area contributed by atoms with E-state index in [9.17, 15) is 9.90 Å². The summed E-state index contributed by atoms with van der Waals surface area (Å²) in [6.07, 6.45) is 5.45. The van der Waals surface area contributed by atoms with Gasteiger partial charge in [-0.1, -0.05) is 12.8 Å². The first-order chi connectivity index (χ1) is 8.11. The first-order valence-corrected chi connectivity index (χ1v) is 6.23. The number of carboxylic acid groups (broad SMARTS) is 1. The third-order valence-electron chi connectivity index (χ3n) is 3.57. The average molecular weight is 237 g/mol. The van der Waals surface area contributed by atoms with Gasteiger partial charge in [0.05, 0.1) is 5.92 Å². The van der Waals surface area contributed by atoms with Gasteiger partial charge >= 0.3 is 5.97 Å². The Hall–Kier alpha value is -1.39. The van der Waals surface area contributed by atoms with Crippen molar-refractivity contribution >= 4 is 5.97 Å². The minimum atomic E-state index is -0.701. The second-order valence-electron chi connectivity index (χ2n) is 5.03. The molecular formula is C12H19N3O2. The molecule has 0 aliphatic heterocycles. The van der Waals surface area contributed by atoms with Crippen LogP contribution in [-0.2, 0) is 4.79 Å². The van der Waals surface area contributed by atoms with Gasteiger partial charge in [0.2, 0.25) is 0 Å². The Morgan fingerprint density at radius 3 is 2.82 bits per heavy atom. The summed E-state index contributed by atoms with van der Waals surface area (Å²) < 4.78 is 1.99. The van der Waals surface area contributed by atoms with Crippen molar-refractivity contribution in [3.8, 4) is 0 Å². The molecule has 0 spiro atoms. The van der Waals surface area contributed by atoms with Crippen LogP contribution in [0.15, 0.2) is 6.33 Å². The van der Waals surface area contributed by atoms with E-state index < -0.39 is 5.97 Å². The van der Waals surface area contributed by atoms with Crippen LogP contribution in [0.4, 0.5) is 0 Å². The maximum Gasteiger partial charge on any atom is 0.307 e. The molecular weight excluding hydrogens is 218 g/mol. The van der Waals surface area contributed by atoms with Gasteiger partial charge in [0.15, 0.2) is 0 Å². The summed E-state index contributed by atoms with van der Waals surface area (Å²) in [5.41, 5.74) is 0. The second-order valence-corrected chi connectivity index (χ2v) is 5.03. The quantitative estimate of drug-likeness (QED) is 0.875. The van der Waals surface area contributed by atoms with Crippen LogP contribution in [0, 0.1) is 5.92 Å². The third-order valence-corrected chi connectivity index (χ3v) is 3.57. The molecule has 1 saturated carbocycles. The van der Waals surface area contributed by atoms with E-state index in [0.29, 0.717) is 0 Å². The Morgan fingerprint density at radius 1 is 1.47 bits per heavy atom. The van der Waals surface area contributed by atoms with Gasteiger partial charge in [0, 0.05) is 12.0 Å². The molecule has 1 aromatic heterocycles. The van der Waals surface area contributed by atoms with Crippen molar-refractivity contribution in [2.45, 2.75) is 51.5 Å². The van der Waals surface area contributed by atoms with Gasteiger partial charge in [-0.2, -0.15) is 0 Å². The van der Waals surface area contributed by atoms with Crippen molar-refractivity contribution in [1.82, 2.24) is 14.8 Å². The number of nitrogens with zero attached hydrogens (tertiary/aromatic N) is 3. The molecule has 1 aliphatic carbocycles. The summed E-state index contributed by atoms with van der Waals surface area (Å²) in [7, 11) is 0. The lowest BCUT2D eigenvalue weighted by molar-refractivity contribution is -0.143. The number of rotatable bonds is 3. The average Bonchev–Trinajstić information content (AvgIpc) is 2.77. The molecule has 0 aromatic carbocycles. The summed E-state index contributed by atoms with van der Waals surface area (Å²) in [6, 6.07) is 0.274. The monoisotopic (exact) mass is 237 g/mol. The van der Waals surface area contributed by atoms with E-state index in [2.05, 4.69) is 24.0 Å². The number of hydrogen-bond acceptors (Lipinski definition) is 3. The maximum absolute atomic E-state index is 11.3. The number of carbonyl (C=O) groups is 1. The first kappa shape index (κ1) is 12.1. The maximum atomic E-state index is 11.3. The molecule has 0 saturated heterocycles. The van der Waals surface area contributed by atoms with Crippen LogP contribution < -0.4 is 0 Å². The van der Waals surface area contributed by atoms with Crippen molar-refractivity contribution in [3.05, 3.63) is 12.2 Å². The molecule has 5 nitrogen and oxygen atoms in total. The van der Waals surface area contributed by atoms with Crippen LogP contribution in [0.1, 0.15) is 57.3 Å². The largest absolute Gasteiger partial charge is 0.481 e. The van der Waals surface area contributed by atoms with Crippen LogP contribution >= 0.6 is 0 Å². The van der Waals surface area contributed by atoms with Crippen LogP contribution in [-0.4, -0.2) is 25.8 Å². The molecule has 1 aromatic rings. The molecule has 17 heavy (non-hydrogen) atoms. The van der Waals surface area contributed by atoms with Gasteiger partial charge < -0.3 is 9.67 Å². The fraction of sp³-hybridized carbons (Fsp3) is 0.750. The summed E-state index contributed by atoms with van der Waals surface area (Å²) in [5.74, 6) is -0.142. The zero-order valence-electron chi connectivity index (χ0n) is 10.3. The zero-order valence-corrected chi connectivity index (χ0v) is 10.3. The Balaban J connectivity index is 2.29. The SMILES string of the molecule is CC(C)n1cnnc1C1CCCCC1C(=O)O. The fourth-order valence-electron chi connectivity index (χ4n) is 2.65. The van der Waals surface area contributed by atoms with E-state index in [-0.39, 0.29) is 17.9 Å². The van der Waals surface area contributed by atoms with Crippen LogP contribution in [0.3, 0.4) is 0 Å². The van der Waals surface area contributed by atoms with Crippen molar-refractivity contribution in [3.63, 3.8) is 0 Å². The van der Waals surface area contributed by atoms with Gasteiger partial charge in [-0.15, -0.1) is 10.2 Å². The standard InChI is InChI=1S/C12H19N3O2/c1-8(2)15-7-13-14-11(15)9-5-3-4-6-10(9)12(16)17/h7-10H,3-6H2,1-2H3,(H,16,17). The molecule has 1 N–H and O–H groups in total. The molecule has 0 radical (unpaired) electrons. The van der Waals surface area contributed by atoms with Crippen molar-refractivity contribution in [2.24, 2.45) is 5.92 Å². The van der Waals surface area contributed by atoms with E-state index in [1.165, 1.54) is 0 Å². The summed E-state index contributed by atoms with van der Waals surface area (Å²) in [5, 5.41) is 17.4. The Bertz CT molecular complexity index is 400. The normalized spacial score (nSPS) is 25.1. The van der Waals surface area contributed by atoms with Crippen LogP contribution in [0.25, 0.3) is 0 Å². The minimum absolute atomic E-state index is 0.0196. The Morgan fingerprint density at radius 2 is 2.18 bits per heavy atom. The second kappa shape index (κ2) is 4.85. The van der Waals surface area contributed by atoms with Crippen molar-refractivity contribution in [2.75, 3.05) is 0 Å². The smallest absolute Gasteiger partial charge is 0.307 e. The zero-order chi connectivity index (χ0) is 12.4. The van der Waals surface area contributed by atoms with E-state index in [1.807, 2.05) is 4.57 Å². The Kier molecular flexibility index (Phi) is 3.45. The molecule has 0 bridgehead atoms. The Labute approximate surface area is 101 Å². The summed E-state index contributed by atoms with van der Waals surface area (Å²) >= 11 is 0. The topological polar surface area (TPSA) is 68.0 Å². The van der Waals surface area contributed by atoms with Gasteiger partial charge in [0.25, 0.3) is 0 Å². The molecule has 94 valence electrons. The van der Waals surface area contributed by atoms with E-state index in [4.69, 9.17) is 0 Å². The number of carboxylic acids is 1. The highest BCUT2D eigenvalue weighted by molar-refractivity contribution is 5.71. The van der Waals surface area contributed by atoms with E-state index in [0.717, 1.165) is 31.5 Å². The lowest BCUT2D eigenvalue weighted by Crippen LogP contribution is -2.28. The molecule has 5 heteroatoms. The molecule has 2 unspecified atom stereocenters. The van der Waals surface area contributed by atoms with Gasteiger partial charge in [-0.05, 0) is 26.7 Å². The predicted molar refractivity (Wildman–Crippen MR) is 62.7 cm³/mol. The molecule has 1 fully saturated rings. The lowest BCUT2D eigenvalue weighted by Gasteiger charge is -2.28. The lowest BCUT2D eigenvalue weighted by atomic mass is 9.78. The first-order valence-electron chi connectivity index (χ1n) is 6.23. The van der Waals surface area contributed by atoms with Crippen molar-refractivity contribution in [1.29, 1.82) is 0 Å². The van der Waals surface area contributed by atoms with Crippen LogP contribution in [0.5, 0.6) is 0 Å². The minimum Gasteiger partial charge on any atom is -0.481 e. The third kappa shape index (κ3) is 2.33. The highest BCUT2D eigenvalue weighted by atomic mass is 16.4. The fourth-order valence-corrected chi connectivity index (χ4v) is 2.65. The molecule has 2 atom stereocenters. The van der Waals surface area contributed by atoms with Crippen molar-refractivity contribution < 1.29 is 9.90 Å². The summed E-state index contributed by atoms with van der Waals surface area (Å²) in [6.45, 7) is 4.12. The van der Waals surface area contributed by atoms with E-state index in [1.54, 1.807) is 6.33 Å². The molecule has 0 amide bonds. The number of aliphatic carboxylic acids is 1.